The lowest BCUT2D eigenvalue weighted by Gasteiger charge is -2.15. The number of amides is 2. The molecule has 0 aliphatic rings. The molecule has 0 bridgehead atoms. The van der Waals surface area contributed by atoms with Gasteiger partial charge >= 0.3 is 5.97 Å². The topological polar surface area (TPSA) is 105 Å². The Bertz CT molecular complexity index is 782. The summed E-state index contributed by atoms with van der Waals surface area (Å²) in [5.41, 5.74) is 0.945. The molecule has 0 spiro atoms. The fraction of sp³-hybridized carbons (Fsp3) is 0.167. The quantitative estimate of drug-likeness (QED) is 0.423. The van der Waals surface area contributed by atoms with Gasteiger partial charge in [-0.3, -0.25) is 9.59 Å². The first kappa shape index (κ1) is 19.9. The number of halogens is 1. The molecule has 0 aromatic heterocycles. The fourth-order valence-corrected chi connectivity index (χ4v) is 2.52. The van der Waals surface area contributed by atoms with Crippen molar-refractivity contribution in [3.8, 4) is 0 Å². The van der Waals surface area contributed by atoms with Crippen molar-refractivity contribution in [1.29, 1.82) is 0 Å². The highest BCUT2D eigenvalue weighted by Gasteiger charge is 2.23. The molecule has 0 saturated heterocycles. The van der Waals surface area contributed by atoms with Crippen molar-refractivity contribution < 1.29 is 24.2 Å². The molecule has 0 saturated carbocycles. The molecule has 0 aliphatic carbocycles. The standard InChI is InChI=1S/C18H17IN2O5/c19-13-8-4-5-9-14(13)20-16(23)11-26-18(25)15(10-22)21-17(24)12-6-2-1-3-7-12/h1-9,15,22H,10-11H2,(H,20,23)(H,21,24). The maximum atomic E-state index is 12.0. The molecular formula is C18H17IN2O5. The molecule has 1 atom stereocenters. The molecule has 0 aliphatic heterocycles. The van der Waals surface area contributed by atoms with Crippen LogP contribution in [0.5, 0.6) is 0 Å². The third kappa shape index (κ3) is 5.81. The number of hydrogen-bond donors (Lipinski definition) is 3. The summed E-state index contributed by atoms with van der Waals surface area (Å²) in [5.74, 6) is -1.94. The Morgan fingerprint density at radius 1 is 1.04 bits per heavy atom. The molecule has 7 nitrogen and oxygen atoms in total. The van der Waals surface area contributed by atoms with Crippen LogP contribution in [0.25, 0.3) is 0 Å². The Balaban J connectivity index is 1.86. The molecule has 136 valence electrons. The van der Waals surface area contributed by atoms with Crippen LogP contribution in [-0.2, 0) is 14.3 Å². The zero-order valence-electron chi connectivity index (χ0n) is 13.6. The van der Waals surface area contributed by atoms with E-state index in [-0.39, 0.29) is 0 Å². The summed E-state index contributed by atoms with van der Waals surface area (Å²) in [6.07, 6.45) is 0. The number of benzene rings is 2. The molecule has 2 amide bonds. The summed E-state index contributed by atoms with van der Waals surface area (Å²) in [6.45, 7) is -1.17. The van der Waals surface area contributed by atoms with Crippen molar-refractivity contribution in [3.63, 3.8) is 0 Å². The van der Waals surface area contributed by atoms with Crippen molar-refractivity contribution in [3.05, 3.63) is 63.7 Å². The van der Waals surface area contributed by atoms with Gasteiger partial charge in [0.15, 0.2) is 12.6 Å². The minimum absolute atomic E-state index is 0.343. The average Bonchev–Trinajstić information content (AvgIpc) is 2.66. The van der Waals surface area contributed by atoms with Crippen LogP contribution in [0.1, 0.15) is 10.4 Å². The molecule has 26 heavy (non-hydrogen) atoms. The monoisotopic (exact) mass is 468 g/mol. The summed E-state index contributed by atoms with van der Waals surface area (Å²) in [6, 6.07) is 14.1. The Morgan fingerprint density at radius 3 is 2.35 bits per heavy atom. The molecule has 2 aromatic rings. The van der Waals surface area contributed by atoms with Gasteiger partial charge in [-0.15, -0.1) is 0 Å². The third-order valence-electron chi connectivity index (χ3n) is 3.30. The molecule has 8 heteroatoms. The normalized spacial score (nSPS) is 11.3. The van der Waals surface area contributed by atoms with E-state index in [1.165, 1.54) is 0 Å². The van der Waals surface area contributed by atoms with Gasteiger partial charge in [0.05, 0.1) is 12.3 Å². The fourth-order valence-electron chi connectivity index (χ4n) is 2.00. The van der Waals surface area contributed by atoms with Gasteiger partial charge in [0.2, 0.25) is 0 Å². The summed E-state index contributed by atoms with van der Waals surface area (Å²) in [4.78, 5) is 35.9. The Labute approximate surface area is 163 Å². The number of para-hydroxylation sites is 1. The Kier molecular flexibility index (Phi) is 7.54. The molecule has 0 fully saturated rings. The second-order valence-electron chi connectivity index (χ2n) is 5.21. The van der Waals surface area contributed by atoms with Crippen molar-refractivity contribution in [2.24, 2.45) is 0 Å². The number of esters is 1. The molecule has 1 unspecified atom stereocenters. The van der Waals surface area contributed by atoms with Crippen LogP contribution in [0.3, 0.4) is 0 Å². The van der Waals surface area contributed by atoms with Crippen LogP contribution >= 0.6 is 22.6 Å². The van der Waals surface area contributed by atoms with E-state index < -0.39 is 37.0 Å². The smallest absolute Gasteiger partial charge is 0.331 e. The number of ether oxygens (including phenoxy) is 1. The number of rotatable bonds is 7. The predicted molar refractivity (Wildman–Crippen MR) is 104 cm³/mol. The lowest BCUT2D eigenvalue weighted by Crippen LogP contribution is -2.45. The Hall–Kier alpha value is -2.46. The number of carbonyl (C=O) groups is 3. The van der Waals surface area contributed by atoms with Gasteiger partial charge in [-0.2, -0.15) is 0 Å². The van der Waals surface area contributed by atoms with Crippen LogP contribution in [-0.4, -0.2) is 42.1 Å². The average molecular weight is 468 g/mol. The van der Waals surface area contributed by atoms with E-state index in [4.69, 9.17) is 4.74 Å². The van der Waals surface area contributed by atoms with Crippen molar-refractivity contribution in [2.45, 2.75) is 6.04 Å². The number of hydrogen-bond acceptors (Lipinski definition) is 5. The molecule has 0 radical (unpaired) electrons. The number of anilines is 1. The van der Waals surface area contributed by atoms with Gasteiger partial charge in [-0.25, -0.2) is 4.79 Å². The van der Waals surface area contributed by atoms with Gasteiger partial charge in [0.1, 0.15) is 0 Å². The van der Waals surface area contributed by atoms with Crippen molar-refractivity contribution >= 4 is 46.1 Å². The minimum atomic E-state index is -1.26. The van der Waals surface area contributed by atoms with Crippen LogP contribution in [0.15, 0.2) is 54.6 Å². The number of nitrogens with one attached hydrogen (secondary N) is 2. The van der Waals surface area contributed by atoms with Crippen LogP contribution < -0.4 is 10.6 Å². The third-order valence-corrected chi connectivity index (χ3v) is 4.24. The number of carbonyl (C=O) groups excluding carboxylic acids is 3. The van der Waals surface area contributed by atoms with E-state index in [1.807, 2.05) is 12.1 Å². The van der Waals surface area contributed by atoms with E-state index in [0.717, 1.165) is 3.57 Å². The van der Waals surface area contributed by atoms with Crippen molar-refractivity contribution in [1.82, 2.24) is 5.32 Å². The van der Waals surface area contributed by atoms with E-state index in [2.05, 4.69) is 33.2 Å². The van der Waals surface area contributed by atoms with Gasteiger partial charge in [0.25, 0.3) is 11.8 Å². The Morgan fingerprint density at radius 2 is 1.69 bits per heavy atom. The first-order valence-electron chi connectivity index (χ1n) is 7.69. The zero-order valence-corrected chi connectivity index (χ0v) is 15.8. The predicted octanol–water partition coefficient (Wildman–Crippen LogP) is 1.56. The molecular weight excluding hydrogens is 451 g/mol. The first-order valence-corrected chi connectivity index (χ1v) is 8.77. The zero-order chi connectivity index (χ0) is 18.9. The first-order chi connectivity index (χ1) is 12.5. The van der Waals surface area contributed by atoms with E-state index in [9.17, 15) is 19.5 Å². The minimum Gasteiger partial charge on any atom is -0.454 e. The molecule has 2 aromatic carbocycles. The second-order valence-corrected chi connectivity index (χ2v) is 6.37. The van der Waals surface area contributed by atoms with Crippen LogP contribution in [0.4, 0.5) is 5.69 Å². The van der Waals surface area contributed by atoms with E-state index in [0.29, 0.717) is 11.3 Å². The van der Waals surface area contributed by atoms with E-state index >= 15 is 0 Å². The summed E-state index contributed by atoms with van der Waals surface area (Å²) < 4.78 is 5.72. The summed E-state index contributed by atoms with van der Waals surface area (Å²) in [7, 11) is 0. The summed E-state index contributed by atoms with van der Waals surface area (Å²) >= 11 is 2.07. The SMILES string of the molecule is O=C(COC(=O)C(CO)NC(=O)c1ccccc1)Nc1ccccc1I. The highest BCUT2D eigenvalue weighted by atomic mass is 127. The second kappa shape index (κ2) is 9.88. The maximum absolute atomic E-state index is 12.0. The van der Waals surface area contributed by atoms with Gasteiger partial charge in [0, 0.05) is 9.13 Å². The van der Waals surface area contributed by atoms with Gasteiger partial charge in [-0.1, -0.05) is 30.3 Å². The number of aliphatic hydroxyl groups is 1. The summed E-state index contributed by atoms with van der Waals surface area (Å²) in [5, 5.41) is 14.3. The van der Waals surface area contributed by atoms with Gasteiger partial charge < -0.3 is 20.5 Å². The highest BCUT2D eigenvalue weighted by molar-refractivity contribution is 14.1. The largest absolute Gasteiger partial charge is 0.454 e. The lowest BCUT2D eigenvalue weighted by atomic mass is 10.2. The van der Waals surface area contributed by atoms with Gasteiger partial charge in [-0.05, 0) is 46.9 Å². The number of aliphatic hydroxyl groups excluding tert-OH is 1. The highest BCUT2D eigenvalue weighted by Crippen LogP contribution is 2.16. The van der Waals surface area contributed by atoms with E-state index in [1.54, 1.807) is 42.5 Å². The lowest BCUT2D eigenvalue weighted by molar-refractivity contribution is -0.150. The van der Waals surface area contributed by atoms with Crippen molar-refractivity contribution in [2.75, 3.05) is 18.5 Å². The maximum Gasteiger partial charge on any atom is 0.331 e. The van der Waals surface area contributed by atoms with Crippen LogP contribution in [0.2, 0.25) is 0 Å². The molecule has 2 rings (SSSR count). The molecule has 3 N–H and O–H groups in total. The van der Waals surface area contributed by atoms with Crippen LogP contribution in [0, 0.1) is 3.57 Å². The molecule has 0 heterocycles.